The van der Waals surface area contributed by atoms with Gasteiger partial charge in [0.2, 0.25) is 0 Å². The van der Waals surface area contributed by atoms with Crippen LogP contribution in [0, 0.1) is 0 Å². The quantitative estimate of drug-likeness (QED) is 0.687. The molecule has 0 saturated carbocycles. The predicted octanol–water partition coefficient (Wildman–Crippen LogP) is 3.39. The van der Waals surface area contributed by atoms with Gasteiger partial charge in [0.1, 0.15) is 11.6 Å². The van der Waals surface area contributed by atoms with Crippen molar-refractivity contribution in [1.82, 2.24) is 9.78 Å². The summed E-state index contributed by atoms with van der Waals surface area (Å²) in [7, 11) is 2.85. The molecule has 0 unspecified atom stereocenters. The van der Waals surface area contributed by atoms with Crippen LogP contribution in [0.15, 0.2) is 30.5 Å². The van der Waals surface area contributed by atoms with Gasteiger partial charge in [-0.05, 0) is 24.3 Å². The van der Waals surface area contributed by atoms with Gasteiger partial charge >= 0.3 is 5.97 Å². The number of nitrogens with zero attached hydrogens (tertiary/aromatic N) is 2. The molecule has 0 radical (unpaired) electrons. The number of halogens is 1. The van der Waals surface area contributed by atoms with Crippen LogP contribution in [-0.2, 0) is 16.2 Å². The molecule has 0 bridgehead atoms. The molecule has 0 aliphatic rings. The molecule has 3 aromatic rings. The van der Waals surface area contributed by atoms with Gasteiger partial charge in [0, 0.05) is 29.1 Å². The Balaban J connectivity index is 1.83. The summed E-state index contributed by atoms with van der Waals surface area (Å²) in [5.41, 5.74) is 0.852. The van der Waals surface area contributed by atoms with Gasteiger partial charge in [-0.25, -0.2) is 9.48 Å². The largest absolute Gasteiger partial charge is 0.465 e. The summed E-state index contributed by atoms with van der Waals surface area (Å²) in [6.07, 6.45) is 1.66. The second kappa shape index (κ2) is 7.22. The third-order valence-corrected chi connectivity index (χ3v) is 5.03. The van der Waals surface area contributed by atoms with Crippen molar-refractivity contribution in [2.45, 2.75) is 6.73 Å². The van der Waals surface area contributed by atoms with Crippen LogP contribution in [0.25, 0.3) is 10.1 Å². The highest BCUT2D eigenvalue weighted by Crippen LogP contribution is 2.37. The number of thiophene rings is 1. The summed E-state index contributed by atoms with van der Waals surface area (Å²) in [6, 6.07) is 6.82. The van der Waals surface area contributed by atoms with Crippen molar-refractivity contribution in [1.29, 1.82) is 0 Å². The number of carbonyl (C=O) groups is 2. The fraction of sp³-hybridized carbons (Fsp3) is 0.188. The Morgan fingerprint density at radius 2 is 2.12 bits per heavy atom. The van der Waals surface area contributed by atoms with Gasteiger partial charge in [0.25, 0.3) is 5.91 Å². The lowest BCUT2D eigenvalue weighted by Crippen LogP contribution is -2.13. The first kappa shape index (κ1) is 17.4. The molecule has 130 valence electrons. The maximum atomic E-state index is 12.3. The number of amides is 1. The summed E-state index contributed by atoms with van der Waals surface area (Å²) in [4.78, 5) is 24.3. The lowest BCUT2D eigenvalue weighted by atomic mass is 10.2. The van der Waals surface area contributed by atoms with Gasteiger partial charge < -0.3 is 14.8 Å². The van der Waals surface area contributed by atoms with E-state index in [1.165, 1.54) is 23.1 Å². The summed E-state index contributed by atoms with van der Waals surface area (Å²) in [6.45, 7) is 0.267. The Bertz CT molecular complexity index is 950. The minimum absolute atomic E-state index is 0.267. The molecule has 2 aromatic heterocycles. The third kappa shape index (κ3) is 3.51. The zero-order chi connectivity index (χ0) is 18.0. The van der Waals surface area contributed by atoms with Gasteiger partial charge in [-0.2, -0.15) is 5.10 Å². The summed E-state index contributed by atoms with van der Waals surface area (Å²) in [5.74, 6) is -0.828. The SMILES string of the molecule is COCn1ccc(C(=O)Nc2ccc3c(Cl)c(C(=O)OC)sc3c2)n1. The lowest BCUT2D eigenvalue weighted by Gasteiger charge is -2.03. The van der Waals surface area contributed by atoms with Crippen LogP contribution < -0.4 is 5.32 Å². The molecule has 0 fully saturated rings. The van der Waals surface area contributed by atoms with E-state index >= 15 is 0 Å². The van der Waals surface area contributed by atoms with Gasteiger partial charge in [-0.15, -0.1) is 11.3 Å². The van der Waals surface area contributed by atoms with Gasteiger partial charge in [-0.1, -0.05) is 11.6 Å². The highest BCUT2D eigenvalue weighted by Gasteiger charge is 2.18. The van der Waals surface area contributed by atoms with E-state index < -0.39 is 5.97 Å². The molecule has 1 N–H and O–H groups in total. The first-order valence-electron chi connectivity index (χ1n) is 7.17. The number of fused-ring (bicyclic) bond motifs is 1. The molecule has 0 saturated heterocycles. The topological polar surface area (TPSA) is 82.5 Å². The number of esters is 1. The molecule has 0 atom stereocenters. The first-order valence-corrected chi connectivity index (χ1v) is 8.37. The number of aromatic nitrogens is 2. The van der Waals surface area contributed by atoms with Crippen molar-refractivity contribution in [3.63, 3.8) is 0 Å². The Hall–Kier alpha value is -2.42. The minimum Gasteiger partial charge on any atom is -0.465 e. The molecular weight excluding hydrogens is 366 g/mol. The summed E-state index contributed by atoms with van der Waals surface area (Å²) >= 11 is 7.43. The van der Waals surface area contributed by atoms with Crippen LogP contribution in [0.4, 0.5) is 5.69 Å². The van der Waals surface area contributed by atoms with Crippen LogP contribution in [0.3, 0.4) is 0 Å². The van der Waals surface area contributed by atoms with Crippen molar-refractivity contribution >= 4 is 50.6 Å². The van der Waals surface area contributed by atoms with E-state index in [4.69, 9.17) is 21.1 Å². The van der Waals surface area contributed by atoms with E-state index in [0.29, 0.717) is 15.6 Å². The number of anilines is 1. The Morgan fingerprint density at radius 1 is 1.32 bits per heavy atom. The number of benzene rings is 1. The van der Waals surface area contributed by atoms with E-state index in [1.54, 1.807) is 37.6 Å². The highest BCUT2D eigenvalue weighted by molar-refractivity contribution is 7.21. The van der Waals surface area contributed by atoms with Crippen LogP contribution >= 0.6 is 22.9 Å². The average Bonchev–Trinajstić information content (AvgIpc) is 3.19. The second-order valence-corrected chi connectivity index (χ2v) is 6.49. The first-order chi connectivity index (χ1) is 12.0. The van der Waals surface area contributed by atoms with Gasteiger partial charge in [-0.3, -0.25) is 4.79 Å². The van der Waals surface area contributed by atoms with E-state index in [2.05, 4.69) is 10.4 Å². The summed E-state index contributed by atoms with van der Waals surface area (Å²) in [5, 5.41) is 7.96. The normalized spacial score (nSPS) is 10.8. The maximum absolute atomic E-state index is 12.3. The number of nitrogens with one attached hydrogen (secondary N) is 1. The number of carbonyl (C=O) groups excluding carboxylic acids is 2. The zero-order valence-corrected chi connectivity index (χ0v) is 15.0. The number of hydrogen-bond acceptors (Lipinski definition) is 6. The second-order valence-electron chi connectivity index (χ2n) is 5.06. The van der Waals surface area contributed by atoms with Crippen molar-refractivity contribution in [3.8, 4) is 0 Å². The van der Waals surface area contributed by atoms with Crippen molar-refractivity contribution in [2.75, 3.05) is 19.5 Å². The van der Waals surface area contributed by atoms with Crippen molar-refractivity contribution in [2.24, 2.45) is 0 Å². The number of hydrogen-bond donors (Lipinski definition) is 1. The molecule has 25 heavy (non-hydrogen) atoms. The van der Waals surface area contributed by atoms with Crippen LogP contribution in [0.2, 0.25) is 5.02 Å². The van der Waals surface area contributed by atoms with Crippen molar-refractivity contribution < 1.29 is 19.1 Å². The monoisotopic (exact) mass is 379 g/mol. The van der Waals surface area contributed by atoms with Gasteiger partial charge in [0.05, 0.1) is 12.1 Å². The van der Waals surface area contributed by atoms with E-state index in [-0.39, 0.29) is 18.3 Å². The Labute approximate surface area is 152 Å². The molecule has 2 heterocycles. The van der Waals surface area contributed by atoms with Crippen LogP contribution in [0.5, 0.6) is 0 Å². The number of ether oxygens (including phenoxy) is 2. The maximum Gasteiger partial charge on any atom is 0.349 e. The average molecular weight is 380 g/mol. The molecule has 3 rings (SSSR count). The third-order valence-electron chi connectivity index (χ3n) is 3.39. The Morgan fingerprint density at radius 3 is 2.84 bits per heavy atom. The molecule has 9 heteroatoms. The van der Waals surface area contributed by atoms with E-state index in [1.807, 2.05) is 0 Å². The molecule has 7 nitrogen and oxygen atoms in total. The highest BCUT2D eigenvalue weighted by atomic mass is 35.5. The van der Waals surface area contributed by atoms with Crippen LogP contribution in [-0.4, -0.2) is 35.9 Å². The van der Waals surface area contributed by atoms with Gasteiger partial charge in [0.15, 0.2) is 5.69 Å². The predicted molar refractivity (Wildman–Crippen MR) is 95.4 cm³/mol. The minimum atomic E-state index is -0.486. The fourth-order valence-electron chi connectivity index (χ4n) is 2.25. The molecule has 0 aliphatic heterocycles. The number of rotatable bonds is 5. The smallest absolute Gasteiger partial charge is 0.349 e. The molecular formula is C16H14ClN3O4S. The van der Waals surface area contributed by atoms with Crippen LogP contribution in [0.1, 0.15) is 20.2 Å². The fourth-order valence-corrected chi connectivity index (χ4v) is 3.71. The Kier molecular flexibility index (Phi) is 5.03. The molecule has 0 spiro atoms. The standard InChI is InChI=1S/C16H14ClN3O4S/c1-23-8-20-6-5-11(19-20)15(21)18-9-3-4-10-12(7-9)25-14(13(10)17)16(22)24-2/h3-7H,8H2,1-2H3,(H,18,21). The van der Waals surface area contributed by atoms with E-state index in [9.17, 15) is 9.59 Å². The zero-order valence-electron chi connectivity index (χ0n) is 13.4. The van der Waals surface area contributed by atoms with E-state index in [0.717, 1.165) is 10.1 Å². The summed E-state index contributed by atoms with van der Waals surface area (Å²) < 4.78 is 12.0. The lowest BCUT2D eigenvalue weighted by molar-refractivity contribution is 0.0606. The molecule has 0 aliphatic carbocycles. The number of methoxy groups -OCH3 is 2. The van der Waals surface area contributed by atoms with Crippen molar-refractivity contribution in [3.05, 3.63) is 46.1 Å². The molecule has 1 amide bonds. The molecule has 1 aromatic carbocycles.